The molecular formula is C26H46O6. The Morgan fingerprint density at radius 1 is 0.438 bits per heavy atom. The first kappa shape index (κ1) is 30.3. The van der Waals surface area contributed by atoms with Gasteiger partial charge < -0.3 is 9.47 Å². The predicted octanol–water partition coefficient (Wildman–Crippen LogP) is 6.27. The molecule has 0 aliphatic rings. The lowest BCUT2D eigenvalue weighted by Crippen LogP contribution is -2.14. The second kappa shape index (κ2) is 22.5. The van der Waals surface area contributed by atoms with Gasteiger partial charge in [-0.1, -0.05) is 78.1 Å². The Morgan fingerprint density at radius 3 is 1.16 bits per heavy atom. The summed E-state index contributed by atoms with van der Waals surface area (Å²) in [6, 6.07) is 0. The molecule has 0 aliphatic carbocycles. The monoisotopic (exact) mass is 454 g/mol. The van der Waals surface area contributed by atoms with Crippen LogP contribution in [-0.4, -0.2) is 36.7 Å². The quantitative estimate of drug-likeness (QED) is 0.133. The summed E-state index contributed by atoms with van der Waals surface area (Å²) in [5, 5.41) is 0. The average molecular weight is 455 g/mol. The van der Waals surface area contributed by atoms with E-state index in [0.717, 1.165) is 25.7 Å². The molecule has 0 N–H and O–H groups in total. The summed E-state index contributed by atoms with van der Waals surface area (Å²) in [5.41, 5.74) is 0. The second-order valence-electron chi connectivity index (χ2n) is 8.55. The zero-order valence-corrected chi connectivity index (χ0v) is 20.6. The largest absolute Gasteiger partial charge is 0.465 e. The number of hydrogen-bond donors (Lipinski definition) is 0. The molecule has 6 heteroatoms. The van der Waals surface area contributed by atoms with Crippen molar-refractivity contribution in [1.29, 1.82) is 0 Å². The predicted molar refractivity (Wildman–Crippen MR) is 126 cm³/mol. The van der Waals surface area contributed by atoms with Gasteiger partial charge in [0.1, 0.15) is 11.6 Å². The van der Waals surface area contributed by atoms with Crippen LogP contribution in [0.5, 0.6) is 0 Å². The van der Waals surface area contributed by atoms with Crippen LogP contribution in [0.1, 0.15) is 129 Å². The molecule has 0 aromatic rings. The number of carbonyl (C=O) groups excluding carboxylic acids is 4. The molecule has 186 valence electrons. The van der Waals surface area contributed by atoms with Gasteiger partial charge in [0.2, 0.25) is 0 Å². The summed E-state index contributed by atoms with van der Waals surface area (Å²) < 4.78 is 10.0. The number of esters is 2. The highest BCUT2D eigenvalue weighted by Gasteiger charge is 2.11. The molecule has 32 heavy (non-hydrogen) atoms. The molecule has 0 amide bonds. The molecule has 0 aromatic carbocycles. The number of hydrogen-bond acceptors (Lipinski definition) is 6. The van der Waals surface area contributed by atoms with Crippen LogP contribution in [0.15, 0.2) is 0 Å². The Bertz CT molecular complexity index is 468. The van der Waals surface area contributed by atoms with E-state index in [1.54, 1.807) is 0 Å². The molecule has 0 heterocycles. The van der Waals surface area contributed by atoms with Crippen LogP contribution in [0, 0.1) is 0 Å². The number of carbonyl (C=O) groups is 4. The fraction of sp³-hybridized carbons (Fsp3) is 0.846. The first-order chi connectivity index (χ1) is 15.5. The minimum Gasteiger partial charge on any atom is -0.465 e. The third-order valence-electron chi connectivity index (χ3n) is 5.44. The smallest absolute Gasteiger partial charge is 0.306 e. The zero-order chi connectivity index (χ0) is 23.9. The minimum absolute atomic E-state index is 0.0650. The molecular weight excluding hydrogens is 408 g/mol. The van der Waals surface area contributed by atoms with Gasteiger partial charge in [-0.15, -0.1) is 0 Å². The SMILES string of the molecule is CCCCCCCCC(=O)CCOC(=O)CCC(=O)OCCC(=O)CCCCCCCC. The van der Waals surface area contributed by atoms with E-state index >= 15 is 0 Å². The lowest BCUT2D eigenvalue weighted by atomic mass is 10.1. The third-order valence-corrected chi connectivity index (χ3v) is 5.44. The van der Waals surface area contributed by atoms with Crippen molar-refractivity contribution in [1.82, 2.24) is 0 Å². The van der Waals surface area contributed by atoms with Crippen LogP contribution in [0.25, 0.3) is 0 Å². The summed E-state index contributed by atoms with van der Waals surface area (Å²) >= 11 is 0. The summed E-state index contributed by atoms with van der Waals surface area (Å²) in [5.74, 6) is -0.793. The normalized spacial score (nSPS) is 10.7. The summed E-state index contributed by atoms with van der Waals surface area (Å²) in [7, 11) is 0. The van der Waals surface area contributed by atoms with Crippen LogP contribution >= 0.6 is 0 Å². The van der Waals surface area contributed by atoms with Crippen molar-refractivity contribution in [3.8, 4) is 0 Å². The summed E-state index contributed by atoms with van der Waals surface area (Å²) in [6.07, 6.45) is 15.0. The van der Waals surface area contributed by atoms with E-state index in [1.165, 1.54) is 51.4 Å². The van der Waals surface area contributed by atoms with Gasteiger partial charge in [-0.05, 0) is 12.8 Å². The summed E-state index contributed by atoms with van der Waals surface area (Å²) in [6.45, 7) is 4.48. The van der Waals surface area contributed by atoms with Crippen molar-refractivity contribution in [2.24, 2.45) is 0 Å². The molecule has 0 radical (unpaired) electrons. The van der Waals surface area contributed by atoms with Gasteiger partial charge in [0.25, 0.3) is 0 Å². The van der Waals surface area contributed by atoms with Gasteiger partial charge in [-0.2, -0.15) is 0 Å². The van der Waals surface area contributed by atoms with Crippen molar-refractivity contribution in [2.45, 2.75) is 129 Å². The van der Waals surface area contributed by atoms with Crippen molar-refractivity contribution in [3.63, 3.8) is 0 Å². The fourth-order valence-electron chi connectivity index (χ4n) is 3.36. The average Bonchev–Trinajstić information content (AvgIpc) is 2.77. The molecule has 0 saturated heterocycles. The van der Waals surface area contributed by atoms with Crippen LogP contribution in [0.2, 0.25) is 0 Å². The van der Waals surface area contributed by atoms with Gasteiger partial charge >= 0.3 is 11.9 Å². The number of unbranched alkanes of at least 4 members (excludes halogenated alkanes) is 10. The second-order valence-corrected chi connectivity index (χ2v) is 8.55. The Morgan fingerprint density at radius 2 is 0.781 bits per heavy atom. The van der Waals surface area contributed by atoms with Gasteiger partial charge in [0.05, 0.1) is 26.1 Å². The Labute approximate surface area is 195 Å². The highest BCUT2D eigenvalue weighted by atomic mass is 16.5. The standard InChI is InChI=1S/C26H46O6/c1-3-5-7-9-11-13-15-23(27)19-21-31-25(29)17-18-26(30)32-22-20-24(28)16-14-12-10-8-6-4-2/h3-22H2,1-2H3. The molecule has 6 nitrogen and oxygen atoms in total. The topological polar surface area (TPSA) is 86.7 Å². The molecule has 0 saturated carbocycles. The van der Waals surface area contributed by atoms with Crippen molar-refractivity contribution in [3.05, 3.63) is 0 Å². The van der Waals surface area contributed by atoms with E-state index in [1.807, 2.05) is 0 Å². The Kier molecular flexibility index (Phi) is 21.3. The van der Waals surface area contributed by atoms with E-state index in [4.69, 9.17) is 9.47 Å². The lowest BCUT2D eigenvalue weighted by molar-refractivity contribution is -0.151. The number of rotatable bonds is 23. The molecule has 0 rings (SSSR count). The first-order valence-corrected chi connectivity index (χ1v) is 12.8. The highest BCUT2D eigenvalue weighted by Crippen LogP contribution is 2.09. The number of Topliss-reactive ketones (excluding diaryl/α,β-unsaturated/α-hetero) is 2. The van der Waals surface area contributed by atoms with E-state index in [-0.39, 0.29) is 50.5 Å². The Balaban J connectivity index is 3.58. The third kappa shape index (κ3) is 21.5. The highest BCUT2D eigenvalue weighted by molar-refractivity contribution is 5.80. The van der Waals surface area contributed by atoms with E-state index in [0.29, 0.717) is 12.8 Å². The molecule has 0 fully saturated rings. The van der Waals surface area contributed by atoms with Crippen molar-refractivity contribution in [2.75, 3.05) is 13.2 Å². The molecule has 0 aliphatic heterocycles. The van der Waals surface area contributed by atoms with Crippen LogP contribution in [-0.2, 0) is 28.7 Å². The van der Waals surface area contributed by atoms with Gasteiger partial charge in [0, 0.05) is 25.7 Å². The van der Waals surface area contributed by atoms with E-state index in [2.05, 4.69) is 13.8 Å². The van der Waals surface area contributed by atoms with E-state index < -0.39 is 11.9 Å². The molecule has 0 bridgehead atoms. The fourth-order valence-corrected chi connectivity index (χ4v) is 3.36. The number of ketones is 2. The van der Waals surface area contributed by atoms with Crippen LogP contribution < -0.4 is 0 Å². The van der Waals surface area contributed by atoms with Crippen LogP contribution in [0.4, 0.5) is 0 Å². The van der Waals surface area contributed by atoms with Gasteiger partial charge in [-0.3, -0.25) is 19.2 Å². The van der Waals surface area contributed by atoms with E-state index in [9.17, 15) is 19.2 Å². The first-order valence-electron chi connectivity index (χ1n) is 12.8. The van der Waals surface area contributed by atoms with Crippen LogP contribution in [0.3, 0.4) is 0 Å². The number of ether oxygens (including phenoxy) is 2. The molecule has 0 aromatic heterocycles. The maximum atomic E-state index is 11.8. The minimum atomic E-state index is -0.506. The summed E-state index contributed by atoms with van der Waals surface area (Å²) in [4.78, 5) is 46.9. The Hall–Kier alpha value is -1.72. The van der Waals surface area contributed by atoms with Crippen molar-refractivity contribution < 1.29 is 28.7 Å². The molecule has 0 spiro atoms. The molecule has 0 atom stereocenters. The van der Waals surface area contributed by atoms with Crippen molar-refractivity contribution >= 4 is 23.5 Å². The van der Waals surface area contributed by atoms with Gasteiger partial charge in [0.15, 0.2) is 0 Å². The van der Waals surface area contributed by atoms with Gasteiger partial charge in [-0.25, -0.2) is 0 Å². The lowest BCUT2D eigenvalue weighted by Gasteiger charge is -2.06. The molecule has 0 unspecified atom stereocenters. The zero-order valence-electron chi connectivity index (χ0n) is 20.6. The maximum absolute atomic E-state index is 11.8. The maximum Gasteiger partial charge on any atom is 0.306 e.